The Morgan fingerprint density at radius 3 is 2.41 bits per heavy atom. The minimum atomic E-state index is -3.73. The van der Waals surface area contributed by atoms with Crippen LogP contribution in [0.5, 0.6) is 5.75 Å². The molecule has 0 amide bonds. The highest BCUT2D eigenvalue weighted by molar-refractivity contribution is 7.89. The topological polar surface area (TPSA) is 86.5 Å². The first-order chi connectivity index (χ1) is 13.8. The van der Waals surface area contributed by atoms with Crippen LogP contribution in [0.1, 0.15) is 42.7 Å². The predicted octanol–water partition coefficient (Wildman–Crippen LogP) is 4.08. The molecule has 0 heterocycles. The van der Waals surface area contributed by atoms with E-state index >= 15 is 0 Å². The molecule has 0 aliphatic heterocycles. The Bertz CT molecular complexity index is 1040. The number of halogens is 1. The van der Waals surface area contributed by atoms with Crippen LogP contribution in [0, 0.1) is 11.3 Å². The van der Waals surface area contributed by atoms with E-state index in [9.17, 15) is 13.2 Å². The zero-order chi connectivity index (χ0) is 20.8. The van der Waals surface area contributed by atoms with E-state index in [1.54, 1.807) is 37.4 Å². The molecule has 2 saturated carbocycles. The van der Waals surface area contributed by atoms with Crippen LogP contribution in [0.15, 0.2) is 47.4 Å². The molecule has 2 aliphatic carbocycles. The molecule has 2 fully saturated rings. The van der Waals surface area contributed by atoms with E-state index in [2.05, 4.69) is 0 Å². The molecule has 2 aromatic rings. The number of sulfonamides is 1. The molecule has 7 heteroatoms. The number of carbonyl (C=O) groups is 1. The minimum absolute atomic E-state index is 0.00794. The monoisotopic (exact) mass is 433 g/mol. The number of methoxy groups -OCH3 is 1. The third-order valence-electron chi connectivity index (χ3n) is 6.52. The average Bonchev–Trinajstić information content (AvgIpc) is 3.05. The lowest BCUT2D eigenvalue weighted by molar-refractivity contribution is -0.120. The van der Waals surface area contributed by atoms with E-state index in [0.717, 1.165) is 36.8 Å². The van der Waals surface area contributed by atoms with Gasteiger partial charge in [-0.05, 0) is 54.2 Å². The Hall–Kier alpha value is -1.89. The van der Waals surface area contributed by atoms with Crippen LogP contribution in [-0.2, 0) is 21.2 Å². The number of rotatable bonds is 6. The summed E-state index contributed by atoms with van der Waals surface area (Å²) in [5.41, 5.74) is 1.80. The summed E-state index contributed by atoms with van der Waals surface area (Å²) in [6.07, 6.45) is 4.57. The molecule has 0 saturated heterocycles. The molecule has 1 spiro atoms. The van der Waals surface area contributed by atoms with Crippen LogP contribution < -0.4 is 9.88 Å². The summed E-state index contributed by atoms with van der Waals surface area (Å²) >= 11 is 6.12. The highest BCUT2D eigenvalue weighted by Crippen LogP contribution is 2.72. The van der Waals surface area contributed by atoms with Crippen molar-refractivity contribution in [2.75, 3.05) is 7.11 Å². The third kappa shape index (κ3) is 3.69. The fourth-order valence-corrected chi connectivity index (χ4v) is 5.94. The SMILES string of the molecule is COc1ccc(Cl)cc1CC(=O)[C@@H]1[C@@H](c2ccc(S(N)(=O)=O)cc2)C12CCCC2. The summed E-state index contributed by atoms with van der Waals surface area (Å²) in [4.78, 5) is 13.4. The number of hydrogen-bond acceptors (Lipinski definition) is 4. The third-order valence-corrected chi connectivity index (χ3v) is 7.68. The van der Waals surface area contributed by atoms with Crippen molar-refractivity contribution in [1.82, 2.24) is 0 Å². The van der Waals surface area contributed by atoms with Gasteiger partial charge >= 0.3 is 0 Å². The van der Waals surface area contributed by atoms with E-state index < -0.39 is 10.0 Å². The zero-order valence-corrected chi connectivity index (χ0v) is 17.8. The van der Waals surface area contributed by atoms with Gasteiger partial charge in [-0.1, -0.05) is 36.6 Å². The molecule has 0 aromatic heterocycles. The summed E-state index contributed by atoms with van der Waals surface area (Å²) in [6.45, 7) is 0. The molecule has 2 atom stereocenters. The van der Waals surface area contributed by atoms with Gasteiger partial charge in [0.1, 0.15) is 11.5 Å². The fraction of sp³-hybridized carbons (Fsp3) is 0.409. The fourth-order valence-electron chi connectivity index (χ4n) is 5.23. The number of nitrogens with two attached hydrogens (primary N) is 1. The first-order valence-corrected chi connectivity index (χ1v) is 11.7. The second-order valence-corrected chi connectivity index (χ2v) is 10.1. The molecular formula is C22H24ClNO4S. The molecule has 29 heavy (non-hydrogen) atoms. The smallest absolute Gasteiger partial charge is 0.238 e. The van der Waals surface area contributed by atoms with Gasteiger partial charge < -0.3 is 4.74 Å². The van der Waals surface area contributed by atoms with E-state index in [1.807, 2.05) is 0 Å². The maximum Gasteiger partial charge on any atom is 0.238 e. The van der Waals surface area contributed by atoms with Crippen molar-refractivity contribution < 1.29 is 17.9 Å². The highest BCUT2D eigenvalue weighted by Gasteiger charge is 2.67. The van der Waals surface area contributed by atoms with Gasteiger partial charge in [-0.2, -0.15) is 0 Å². The molecule has 0 bridgehead atoms. The van der Waals surface area contributed by atoms with Gasteiger partial charge in [-0.15, -0.1) is 0 Å². The summed E-state index contributed by atoms with van der Waals surface area (Å²) < 4.78 is 28.5. The predicted molar refractivity (Wildman–Crippen MR) is 112 cm³/mol. The Balaban J connectivity index is 1.61. The summed E-state index contributed by atoms with van der Waals surface area (Å²) in [6, 6.07) is 12.0. The largest absolute Gasteiger partial charge is 0.496 e. The van der Waals surface area contributed by atoms with Crippen LogP contribution in [0.25, 0.3) is 0 Å². The van der Waals surface area contributed by atoms with Gasteiger partial charge in [0.2, 0.25) is 10.0 Å². The minimum Gasteiger partial charge on any atom is -0.496 e. The molecular weight excluding hydrogens is 410 g/mol. The van der Waals surface area contributed by atoms with Crippen LogP contribution in [0.2, 0.25) is 5.02 Å². The van der Waals surface area contributed by atoms with Gasteiger partial charge in [-0.25, -0.2) is 13.6 Å². The Labute approximate surface area is 176 Å². The van der Waals surface area contributed by atoms with Crippen LogP contribution in [-0.4, -0.2) is 21.3 Å². The number of carbonyl (C=O) groups excluding carboxylic acids is 1. The zero-order valence-electron chi connectivity index (χ0n) is 16.2. The lowest BCUT2D eigenvalue weighted by Gasteiger charge is -2.10. The van der Waals surface area contributed by atoms with Crippen LogP contribution in [0.4, 0.5) is 0 Å². The van der Waals surface area contributed by atoms with Crippen molar-refractivity contribution in [1.29, 1.82) is 0 Å². The molecule has 2 N–H and O–H groups in total. The lowest BCUT2D eigenvalue weighted by Crippen LogP contribution is -2.12. The molecule has 154 valence electrons. The highest BCUT2D eigenvalue weighted by atomic mass is 35.5. The first-order valence-electron chi connectivity index (χ1n) is 9.74. The van der Waals surface area contributed by atoms with E-state index in [1.165, 1.54) is 12.1 Å². The van der Waals surface area contributed by atoms with Crippen molar-refractivity contribution in [2.24, 2.45) is 16.5 Å². The summed E-state index contributed by atoms with van der Waals surface area (Å²) in [7, 11) is -2.14. The van der Waals surface area contributed by atoms with Crippen molar-refractivity contribution in [3.63, 3.8) is 0 Å². The standard InChI is InChI=1S/C22H24ClNO4S/c1-28-19-9-6-16(23)12-15(19)13-18(25)21-20(22(21)10-2-3-11-22)14-4-7-17(8-5-14)29(24,26)27/h4-9,12,20-21H,2-3,10-11,13H2,1H3,(H2,24,26,27)/t20-,21-/m1/s1. The van der Waals surface area contributed by atoms with Crippen molar-refractivity contribution in [3.8, 4) is 5.75 Å². The average molecular weight is 434 g/mol. The number of Topliss-reactive ketones (excluding diaryl/α,β-unsaturated/α-hetero) is 1. The quantitative estimate of drug-likeness (QED) is 0.743. The molecule has 0 radical (unpaired) electrons. The molecule has 0 unspecified atom stereocenters. The van der Waals surface area contributed by atoms with E-state index in [-0.39, 0.29) is 34.4 Å². The van der Waals surface area contributed by atoms with Gasteiger partial charge in [0.05, 0.1) is 12.0 Å². The summed E-state index contributed by atoms with van der Waals surface area (Å²) in [5, 5.41) is 5.79. The molecule has 2 aromatic carbocycles. The van der Waals surface area contributed by atoms with Crippen LogP contribution in [0.3, 0.4) is 0 Å². The molecule has 2 aliphatic rings. The van der Waals surface area contributed by atoms with Gasteiger partial charge in [0.15, 0.2) is 0 Å². The maximum absolute atomic E-state index is 13.3. The van der Waals surface area contributed by atoms with Crippen LogP contribution >= 0.6 is 11.6 Å². The van der Waals surface area contributed by atoms with Crippen molar-refractivity contribution >= 4 is 27.4 Å². The lowest BCUT2D eigenvalue weighted by atomic mass is 9.95. The van der Waals surface area contributed by atoms with E-state index in [4.69, 9.17) is 21.5 Å². The Kier molecular flexibility index (Phi) is 5.21. The first kappa shape index (κ1) is 20.4. The van der Waals surface area contributed by atoms with Gasteiger partial charge in [0, 0.05) is 28.8 Å². The van der Waals surface area contributed by atoms with Gasteiger partial charge in [-0.3, -0.25) is 4.79 Å². The van der Waals surface area contributed by atoms with Crippen molar-refractivity contribution in [3.05, 3.63) is 58.6 Å². The summed E-state index contributed by atoms with van der Waals surface area (Å²) in [5.74, 6) is 0.914. The number of benzene rings is 2. The molecule has 4 rings (SSSR count). The normalized spacial score (nSPS) is 22.6. The Morgan fingerprint density at radius 2 is 1.83 bits per heavy atom. The second-order valence-electron chi connectivity index (χ2n) is 8.11. The van der Waals surface area contributed by atoms with Gasteiger partial charge in [0.25, 0.3) is 0 Å². The maximum atomic E-state index is 13.3. The number of primary sulfonamides is 1. The number of ether oxygens (including phenoxy) is 1. The Morgan fingerprint density at radius 1 is 1.17 bits per heavy atom. The number of hydrogen-bond donors (Lipinski definition) is 1. The van der Waals surface area contributed by atoms with E-state index in [0.29, 0.717) is 10.8 Å². The second kappa shape index (κ2) is 7.42. The molecule has 5 nitrogen and oxygen atoms in total. The van der Waals surface area contributed by atoms with Crippen molar-refractivity contribution in [2.45, 2.75) is 42.9 Å². The number of ketones is 1.